The largest absolute Gasteiger partial charge is 0.341 e. The van der Waals surface area contributed by atoms with Crippen molar-refractivity contribution in [3.63, 3.8) is 0 Å². The van der Waals surface area contributed by atoms with Crippen molar-refractivity contribution in [2.24, 2.45) is 11.7 Å². The van der Waals surface area contributed by atoms with Crippen molar-refractivity contribution in [3.05, 3.63) is 0 Å². The molecule has 3 unspecified atom stereocenters. The van der Waals surface area contributed by atoms with Gasteiger partial charge in [0.25, 0.3) is 0 Å². The van der Waals surface area contributed by atoms with Crippen molar-refractivity contribution >= 4 is 36.6 Å². The second kappa shape index (κ2) is 12.0. The van der Waals surface area contributed by atoms with Crippen LogP contribution in [0.15, 0.2) is 0 Å². The highest BCUT2D eigenvalue weighted by Crippen LogP contribution is 2.15. The quantitative estimate of drug-likeness (QED) is 0.749. The van der Waals surface area contributed by atoms with Crippen LogP contribution in [0.4, 0.5) is 0 Å². The molecule has 0 aromatic carbocycles. The topological polar surface area (TPSA) is 69.9 Å². The molecule has 3 atom stereocenters. The zero-order valence-corrected chi connectivity index (χ0v) is 18.0. The number of hydrogen-bond donors (Lipinski definition) is 1. The van der Waals surface area contributed by atoms with E-state index < -0.39 is 6.04 Å². The highest BCUT2D eigenvalue weighted by Gasteiger charge is 2.32. The van der Waals surface area contributed by atoms with Crippen LogP contribution in [0.1, 0.15) is 46.5 Å². The number of carbonyl (C=O) groups is 2. The first-order chi connectivity index (χ1) is 11.5. The van der Waals surface area contributed by atoms with Crippen molar-refractivity contribution in [3.8, 4) is 0 Å². The number of hydrogen-bond acceptors (Lipinski definition) is 4. The Balaban J connectivity index is 0.00000312. The number of nitrogens with zero attached hydrogens (tertiary/aromatic N) is 3. The van der Waals surface area contributed by atoms with Gasteiger partial charge in [0.1, 0.15) is 0 Å². The van der Waals surface area contributed by atoms with Gasteiger partial charge in [0.2, 0.25) is 11.8 Å². The number of piperidine rings is 1. The van der Waals surface area contributed by atoms with E-state index in [1.54, 1.807) is 0 Å². The lowest BCUT2D eigenvalue weighted by molar-refractivity contribution is -0.140. The monoisotopic (exact) mass is 410 g/mol. The molecule has 26 heavy (non-hydrogen) atoms. The van der Waals surface area contributed by atoms with Gasteiger partial charge in [-0.1, -0.05) is 20.3 Å². The third-order valence-electron chi connectivity index (χ3n) is 5.74. The average Bonchev–Trinajstić information content (AvgIpc) is 2.65. The molecule has 0 aromatic rings. The molecule has 2 amide bonds. The highest BCUT2D eigenvalue weighted by atomic mass is 35.5. The van der Waals surface area contributed by atoms with E-state index in [1.807, 2.05) is 23.6 Å². The van der Waals surface area contributed by atoms with Crippen LogP contribution in [-0.2, 0) is 9.59 Å². The van der Waals surface area contributed by atoms with Gasteiger partial charge in [-0.15, -0.1) is 24.8 Å². The van der Waals surface area contributed by atoms with E-state index in [0.29, 0.717) is 13.1 Å². The average molecular weight is 411 g/mol. The van der Waals surface area contributed by atoms with Gasteiger partial charge in [-0.25, -0.2) is 0 Å². The molecule has 0 radical (unpaired) electrons. The van der Waals surface area contributed by atoms with Gasteiger partial charge in [0, 0.05) is 39.3 Å². The molecule has 2 aliphatic rings. The van der Waals surface area contributed by atoms with Gasteiger partial charge in [0.05, 0.1) is 12.1 Å². The molecule has 2 aliphatic heterocycles. The number of piperazine rings is 1. The number of rotatable bonds is 5. The summed E-state index contributed by atoms with van der Waals surface area (Å²) in [6.45, 7) is 10.7. The summed E-state index contributed by atoms with van der Waals surface area (Å²) in [5.74, 6) is 0.500. The Labute approximate surface area is 170 Å². The van der Waals surface area contributed by atoms with Gasteiger partial charge in [-0.05, 0) is 32.1 Å². The predicted octanol–water partition coefficient (Wildman–Crippen LogP) is 1.75. The second-order valence-electron chi connectivity index (χ2n) is 7.33. The van der Waals surface area contributed by atoms with E-state index in [0.717, 1.165) is 45.4 Å². The molecule has 0 aromatic heterocycles. The van der Waals surface area contributed by atoms with Gasteiger partial charge in [-0.2, -0.15) is 0 Å². The third kappa shape index (κ3) is 6.25. The first kappa shape index (κ1) is 25.4. The molecule has 0 saturated carbocycles. The molecule has 2 heterocycles. The van der Waals surface area contributed by atoms with Crippen molar-refractivity contribution in [2.45, 2.75) is 58.5 Å². The summed E-state index contributed by atoms with van der Waals surface area (Å²) < 4.78 is 0. The fourth-order valence-corrected chi connectivity index (χ4v) is 3.57. The zero-order valence-electron chi connectivity index (χ0n) is 16.4. The fourth-order valence-electron chi connectivity index (χ4n) is 3.57. The molecular formula is C18H36Cl2N4O2. The zero-order chi connectivity index (χ0) is 17.7. The Bertz CT molecular complexity index is 439. The fraction of sp³-hybridized carbons (Fsp3) is 0.889. The van der Waals surface area contributed by atoms with E-state index in [-0.39, 0.29) is 48.6 Å². The summed E-state index contributed by atoms with van der Waals surface area (Å²) in [4.78, 5) is 31.2. The summed E-state index contributed by atoms with van der Waals surface area (Å²) in [7, 11) is 0. The smallest absolute Gasteiger partial charge is 0.239 e. The molecule has 2 saturated heterocycles. The molecule has 2 N–H and O–H groups in total. The standard InChI is InChI=1S/C18H34N4O2.2ClH/c1-4-14(2)16(19)18(24)22-12-10-20(11-13-22)15(3)17(23)21-8-6-5-7-9-21;;/h14-16H,4-13,19H2,1-3H3;2*1H. The summed E-state index contributed by atoms with van der Waals surface area (Å²) in [5.41, 5.74) is 6.08. The van der Waals surface area contributed by atoms with Gasteiger partial charge >= 0.3 is 0 Å². The van der Waals surface area contributed by atoms with Crippen LogP contribution >= 0.6 is 24.8 Å². The second-order valence-corrected chi connectivity index (χ2v) is 7.33. The number of likely N-dealkylation sites (tertiary alicyclic amines) is 1. The van der Waals surface area contributed by atoms with Gasteiger partial charge in [0.15, 0.2) is 0 Å². The third-order valence-corrected chi connectivity index (χ3v) is 5.74. The van der Waals surface area contributed by atoms with Crippen LogP contribution in [0, 0.1) is 5.92 Å². The first-order valence-corrected chi connectivity index (χ1v) is 9.53. The Morgan fingerprint density at radius 1 is 0.846 bits per heavy atom. The van der Waals surface area contributed by atoms with Crippen LogP contribution in [-0.4, -0.2) is 77.9 Å². The summed E-state index contributed by atoms with van der Waals surface area (Å²) in [5, 5.41) is 0. The molecule has 8 heteroatoms. The van der Waals surface area contributed by atoms with E-state index in [2.05, 4.69) is 11.8 Å². The molecule has 6 nitrogen and oxygen atoms in total. The van der Waals surface area contributed by atoms with E-state index in [4.69, 9.17) is 5.73 Å². The lowest BCUT2D eigenvalue weighted by Gasteiger charge is -2.40. The van der Waals surface area contributed by atoms with Crippen LogP contribution in [0.5, 0.6) is 0 Å². The van der Waals surface area contributed by atoms with E-state index >= 15 is 0 Å². The predicted molar refractivity (Wildman–Crippen MR) is 110 cm³/mol. The lowest BCUT2D eigenvalue weighted by Crippen LogP contribution is -2.58. The summed E-state index contributed by atoms with van der Waals surface area (Å²) >= 11 is 0. The minimum Gasteiger partial charge on any atom is -0.341 e. The van der Waals surface area contributed by atoms with Gasteiger partial charge in [-0.3, -0.25) is 14.5 Å². The van der Waals surface area contributed by atoms with Crippen molar-refractivity contribution < 1.29 is 9.59 Å². The Kier molecular flexibility index (Phi) is 11.7. The van der Waals surface area contributed by atoms with Gasteiger partial charge < -0.3 is 15.5 Å². The highest BCUT2D eigenvalue weighted by molar-refractivity contribution is 5.85. The number of halogens is 2. The van der Waals surface area contributed by atoms with Crippen molar-refractivity contribution in [1.82, 2.24) is 14.7 Å². The molecule has 0 bridgehead atoms. The Morgan fingerprint density at radius 3 is 1.85 bits per heavy atom. The maximum absolute atomic E-state index is 12.6. The van der Waals surface area contributed by atoms with Crippen LogP contribution in [0.2, 0.25) is 0 Å². The minimum absolute atomic E-state index is 0. The van der Waals surface area contributed by atoms with E-state index in [1.165, 1.54) is 6.42 Å². The Hall–Kier alpha value is -0.560. The SMILES string of the molecule is CCC(C)C(N)C(=O)N1CCN(C(C)C(=O)N2CCCCC2)CC1.Cl.Cl. The van der Waals surface area contributed by atoms with Crippen molar-refractivity contribution in [1.29, 1.82) is 0 Å². The maximum Gasteiger partial charge on any atom is 0.239 e. The van der Waals surface area contributed by atoms with Crippen molar-refractivity contribution in [2.75, 3.05) is 39.3 Å². The number of amides is 2. The Morgan fingerprint density at radius 2 is 1.35 bits per heavy atom. The molecule has 154 valence electrons. The minimum atomic E-state index is -0.408. The number of nitrogens with two attached hydrogens (primary N) is 1. The van der Waals surface area contributed by atoms with Crippen LogP contribution in [0.3, 0.4) is 0 Å². The molecule has 0 aliphatic carbocycles. The molecule has 2 fully saturated rings. The summed E-state index contributed by atoms with van der Waals surface area (Å²) in [6.07, 6.45) is 4.38. The van der Waals surface area contributed by atoms with Crippen LogP contribution in [0.25, 0.3) is 0 Å². The molecule has 2 rings (SSSR count). The normalized spacial score (nSPS) is 21.8. The molecule has 0 spiro atoms. The summed E-state index contributed by atoms with van der Waals surface area (Å²) in [6, 6.07) is -0.502. The lowest BCUT2D eigenvalue weighted by atomic mass is 9.98. The van der Waals surface area contributed by atoms with Crippen LogP contribution < -0.4 is 5.73 Å². The maximum atomic E-state index is 12.6. The van der Waals surface area contributed by atoms with E-state index in [9.17, 15) is 9.59 Å². The number of carbonyl (C=O) groups excluding carboxylic acids is 2. The first-order valence-electron chi connectivity index (χ1n) is 9.53. The molecular weight excluding hydrogens is 375 g/mol.